The van der Waals surface area contributed by atoms with E-state index in [0.29, 0.717) is 0 Å². The van der Waals surface area contributed by atoms with E-state index in [2.05, 4.69) is 10.6 Å². The van der Waals surface area contributed by atoms with Crippen LogP contribution in [0.5, 0.6) is 5.75 Å². The van der Waals surface area contributed by atoms with Gasteiger partial charge >= 0.3 is 12.0 Å². The van der Waals surface area contributed by atoms with Gasteiger partial charge in [0, 0.05) is 0 Å². The van der Waals surface area contributed by atoms with Crippen molar-refractivity contribution >= 4 is 23.6 Å². The molecule has 124 valence electrons. The molecule has 0 radical (unpaired) electrons. The van der Waals surface area contributed by atoms with Gasteiger partial charge in [0.15, 0.2) is 0 Å². The second-order valence-electron chi connectivity index (χ2n) is 4.80. The van der Waals surface area contributed by atoms with Crippen LogP contribution in [-0.4, -0.2) is 31.3 Å². The Balaban J connectivity index is 2.23. The zero-order valence-corrected chi connectivity index (χ0v) is 13.4. The molecule has 0 saturated heterocycles. The molecule has 2 rings (SSSR count). The highest BCUT2D eigenvalue weighted by Gasteiger charge is 2.30. The summed E-state index contributed by atoms with van der Waals surface area (Å²) in [6.45, 7) is 3.44. The molecule has 0 fully saturated rings. The number of halogens is 2. The van der Waals surface area contributed by atoms with Crippen LogP contribution in [0, 0.1) is 5.82 Å². The summed E-state index contributed by atoms with van der Waals surface area (Å²) in [7, 11) is 0. The van der Waals surface area contributed by atoms with E-state index in [1.165, 1.54) is 12.1 Å². The third-order valence-corrected chi connectivity index (χ3v) is 3.43. The second-order valence-corrected chi connectivity index (χ2v) is 5.20. The molecule has 0 spiro atoms. The summed E-state index contributed by atoms with van der Waals surface area (Å²) in [4.78, 5) is 23.6. The number of benzene rings is 1. The van der Waals surface area contributed by atoms with E-state index in [4.69, 9.17) is 21.1 Å². The van der Waals surface area contributed by atoms with E-state index < -0.39 is 23.9 Å². The number of hydrogen-bond acceptors (Lipinski definition) is 4. The maximum absolute atomic E-state index is 13.0. The first-order chi connectivity index (χ1) is 10.9. The van der Waals surface area contributed by atoms with E-state index in [0.717, 1.165) is 6.07 Å². The lowest BCUT2D eigenvalue weighted by molar-refractivity contribution is -0.139. The van der Waals surface area contributed by atoms with Gasteiger partial charge < -0.3 is 20.1 Å². The fourth-order valence-electron chi connectivity index (χ4n) is 2.14. The van der Waals surface area contributed by atoms with Crippen molar-refractivity contribution in [3.63, 3.8) is 0 Å². The maximum Gasteiger partial charge on any atom is 0.338 e. The number of amides is 2. The Labute approximate surface area is 137 Å². The molecule has 6 nitrogen and oxygen atoms in total. The van der Waals surface area contributed by atoms with Crippen molar-refractivity contribution in [2.45, 2.75) is 19.9 Å². The fraction of sp³-hybridized carbons (Fsp3) is 0.333. The van der Waals surface area contributed by atoms with Crippen molar-refractivity contribution in [1.82, 2.24) is 10.6 Å². The van der Waals surface area contributed by atoms with Gasteiger partial charge in [-0.15, -0.1) is 0 Å². The minimum atomic E-state index is -0.545. The second kappa shape index (κ2) is 7.32. The molecule has 1 heterocycles. The topological polar surface area (TPSA) is 76.7 Å². The smallest absolute Gasteiger partial charge is 0.338 e. The largest absolute Gasteiger partial charge is 0.486 e. The molecule has 0 saturated carbocycles. The first-order valence-corrected chi connectivity index (χ1v) is 7.35. The summed E-state index contributed by atoms with van der Waals surface area (Å²) >= 11 is 5.88. The highest BCUT2D eigenvalue weighted by molar-refractivity contribution is 6.32. The summed E-state index contributed by atoms with van der Waals surface area (Å²) in [5.74, 6) is -0.793. The van der Waals surface area contributed by atoms with Crippen LogP contribution in [0.15, 0.2) is 29.5 Å². The van der Waals surface area contributed by atoms with Crippen molar-refractivity contribution in [3.8, 4) is 5.75 Å². The Morgan fingerprint density at radius 3 is 2.83 bits per heavy atom. The maximum atomic E-state index is 13.0. The van der Waals surface area contributed by atoms with Crippen molar-refractivity contribution in [3.05, 3.63) is 40.3 Å². The Bertz CT molecular complexity index is 663. The molecule has 1 aliphatic rings. The molecule has 1 aromatic rings. The summed E-state index contributed by atoms with van der Waals surface area (Å²) in [5.41, 5.74) is 0.546. The van der Waals surface area contributed by atoms with Gasteiger partial charge in [-0.25, -0.2) is 14.0 Å². The molecule has 1 unspecified atom stereocenters. The fourth-order valence-corrected chi connectivity index (χ4v) is 2.36. The number of rotatable bonds is 5. The first-order valence-electron chi connectivity index (χ1n) is 6.98. The zero-order valence-electron chi connectivity index (χ0n) is 12.6. The predicted molar refractivity (Wildman–Crippen MR) is 81.7 cm³/mol. The lowest BCUT2D eigenvalue weighted by Crippen LogP contribution is -2.50. The number of hydrogen-bond donors (Lipinski definition) is 2. The third-order valence-electron chi connectivity index (χ3n) is 3.13. The average Bonchev–Trinajstić information content (AvgIpc) is 2.45. The van der Waals surface area contributed by atoms with Gasteiger partial charge in [-0.1, -0.05) is 11.6 Å². The summed E-state index contributed by atoms with van der Waals surface area (Å²) in [6, 6.07) is 2.71. The number of ether oxygens (including phenoxy) is 2. The minimum absolute atomic E-state index is 0.0941. The number of urea groups is 1. The van der Waals surface area contributed by atoms with E-state index in [-0.39, 0.29) is 35.3 Å². The molecule has 2 N–H and O–H groups in total. The van der Waals surface area contributed by atoms with Crippen LogP contribution in [0.1, 0.15) is 13.8 Å². The van der Waals surface area contributed by atoms with Crippen LogP contribution in [0.25, 0.3) is 0 Å². The van der Waals surface area contributed by atoms with Crippen LogP contribution >= 0.6 is 11.6 Å². The van der Waals surface area contributed by atoms with Crippen molar-refractivity contribution < 1.29 is 23.5 Å². The van der Waals surface area contributed by atoms with Gasteiger partial charge in [-0.3, -0.25) is 0 Å². The van der Waals surface area contributed by atoms with E-state index in [1.807, 2.05) is 0 Å². The molecule has 1 aromatic carbocycles. The average molecular weight is 343 g/mol. The lowest BCUT2D eigenvalue weighted by atomic mass is 10.0. The summed E-state index contributed by atoms with van der Waals surface area (Å²) in [6.07, 6.45) is 0. The first kappa shape index (κ1) is 17.1. The third kappa shape index (κ3) is 4.13. The van der Waals surface area contributed by atoms with Crippen molar-refractivity contribution in [2.75, 3.05) is 13.2 Å². The molecule has 0 aromatic heterocycles. The number of esters is 1. The minimum Gasteiger partial charge on any atom is -0.486 e. The molecular formula is C15H16ClFN2O4. The molecule has 23 heavy (non-hydrogen) atoms. The summed E-state index contributed by atoms with van der Waals surface area (Å²) in [5, 5.41) is 5.19. The van der Waals surface area contributed by atoms with Gasteiger partial charge in [0.05, 0.1) is 28.9 Å². The molecule has 8 heteroatoms. The van der Waals surface area contributed by atoms with Gasteiger partial charge in [0.1, 0.15) is 18.2 Å². The predicted octanol–water partition coefficient (Wildman–Crippen LogP) is 2.38. The zero-order chi connectivity index (χ0) is 17.0. The molecular weight excluding hydrogens is 327 g/mol. The highest BCUT2D eigenvalue weighted by Crippen LogP contribution is 2.26. The molecule has 2 amide bonds. The van der Waals surface area contributed by atoms with E-state index in [1.54, 1.807) is 13.8 Å². The quantitative estimate of drug-likeness (QED) is 0.805. The van der Waals surface area contributed by atoms with Gasteiger partial charge in [0.2, 0.25) is 0 Å². The Morgan fingerprint density at radius 2 is 2.17 bits per heavy atom. The molecule has 0 bridgehead atoms. The summed E-state index contributed by atoms with van der Waals surface area (Å²) < 4.78 is 23.5. The number of nitrogens with one attached hydrogen (secondary N) is 2. The molecule has 1 aliphatic heterocycles. The molecule has 0 aliphatic carbocycles. The Morgan fingerprint density at radius 1 is 1.43 bits per heavy atom. The number of carbonyl (C=O) groups excluding carboxylic acids is 2. The Hall–Kier alpha value is -2.28. The highest BCUT2D eigenvalue weighted by atomic mass is 35.5. The van der Waals surface area contributed by atoms with E-state index in [9.17, 15) is 14.0 Å². The van der Waals surface area contributed by atoms with Crippen LogP contribution < -0.4 is 15.4 Å². The SMILES string of the molecule is CCOC(=O)C1=C(COc2ccc(F)cc2Cl)NC(=O)NC1C. The van der Waals surface area contributed by atoms with Gasteiger partial charge in [-0.05, 0) is 32.0 Å². The van der Waals surface area contributed by atoms with Gasteiger partial charge in [0.25, 0.3) is 0 Å². The monoisotopic (exact) mass is 342 g/mol. The number of carbonyl (C=O) groups is 2. The van der Waals surface area contributed by atoms with E-state index >= 15 is 0 Å². The van der Waals surface area contributed by atoms with Crippen molar-refractivity contribution in [1.29, 1.82) is 0 Å². The molecule has 1 atom stereocenters. The Kier molecular flexibility index (Phi) is 5.44. The normalized spacial score (nSPS) is 17.4. The van der Waals surface area contributed by atoms with Crippen LogP contribution in [0.3, 0.4) is 0 Å². The standard InChI is InChI=1S/C15H16ClFN2O4/c1-3-22-14(20)13-8(2)18-15(21)19-11(13)7-23-12-5-4-9(17)6-10(12)16/h4-6,8H,3,7H2,1-2H3,(H2,18,19,21). The van der Waals surface area contributed by atoms with Gasteiger partial charge in [-0.2, -0.15) is 0 Å². The lowest BCUT2D eigenvalue weighted by Gasteiger charge is -2.26. The van der Waals surface area contributed by atoms with Crippen LogP contribution in [0.2, 0.25) is 5.02 Å². The van der Waals surface area contributed by atoms with Crippen LogP contribution in [-0.2, 0) is 9.53 Å². The van der Waals surface area contributed by atoms with Crippen molar-refractivity contribution in [2.24, 2.45) is 0 Å². The van der Waals surface area contributed by atoms with Crippen LogP contribution in [0.4, 0.5) is 9.18 Å².